The summed E-state index contributed by atoms with van der Waals surface area (Å²) in [5.74, 6) is -0.369. The average Bonchev–Trinajstić information content (AvgIpc) is 2.37. The van der Waals surface area contributed by atoms with Gasteiger partial charge in [0.25, 0.3) is 0 Å². The standard InChI is InChI=1S/C12H10F3N5S/c1-6-4-5-18-11(19-6)21-10-7(9(16)17)2-3-8(20-10)12(13,14)15/h2-5H,1H3,(H3,16,17). The number of alkyl halides is 3. The Hall–Kier alpha value is -2.16. The molecule has 0 unspecified atom stereocenters. The third kappa shape index (κ3) is 3.69. The van der Waals surface area contributed by atoms with E-state index in [2.05, 4.69) is 15.0 Å². The monoisotopic (exact) mass is 313 g/mol. The second-order valence-electron chi connectivity index (χ2n) is 4.04. The molecule has 2 aromatic rings. The van der Waals surface area contributed by atoms with E-state index in [1.54, 1.807) is 13.0 Å². The van der Waals surface area contributed by atoms with E-state index in [0.29, 0.717) is 5.69 Å². The van der Waals surface area contributed by atoms with Gasteiger partial charge in [-0.2, -0.15) is 13.2 Å². The van der Waals surface area contributed by atoms with E-state index in [4.69, 9.17) is 11.1 Å². The van der Waals surface area contributed by atoms with Crippen molar-refractivity contribution in [2.45, 2.75) is 23.3 Å². The zero-order valence-corrected chi connectivity index (χ0v) is 11.6. The van der Waals surface area contributed by atoms with Gasteiger partial charge in [-0.1, -0.05) is 0 Å². The first-order valence-electron chi connectivity index (χ1n) is 5.67. The molecule has 3 N–H and O–H groups in total. The van der Waals surface area contributed by atoms with Gasteiger partial charge in [-0.3, -0.25) is 5.41 Å². The first-order valence-corrected chi connectivity index (χ1v) is 6.49. The Morgan fingerprint density at radius 1 is 1.24 bits per heavy atom. The Balaban J connectivity index is 2.46. The number of aromatic nitrogens is 3. The fourth-order valence-electron chi connectivity index (χ4n) is 1.44. The second-order valence-corrected chi connectivity index (χ2v) is 5.00. The maximum atomic E-state index is 12.7. The van der Waals surface area contributed by atoms with Gasteiger partial charge in [0.1, 0.15) is 16.6 Å². The molecular formula is C12H10F3N5S. The predicted octanol–water partition coefficient (Wildman–Crippen LogP) is 2.63. The van der Waals surface area contributed by atoms with Crippen LogP contribution in [-0.2, 0) is 6.18 Å². The van der Waals surface area contributed by atoms with Crippen LogP contribution in [0, 0.1) is 12.3 Å². The van der Waals surface area contributed by atoms with Crippen molar-refractivity contribution in [3.8, 4) is 0 Å². The van der Waals surface area contributed by atoms with Crippen LogP contribution in [0.1, 0.15) is 17.0 Å². The van der Waals surface area contributed by atoms with Crippen LogP contribution in [0.4, 0.5) is 13.2 Å². The quantitative estimate of drug-likeness (QED) is 0.516. The van der Waals surface area contributed by atoms with Gasteiger partial charge in [0, 0.05) is 17.5 Å². The molecule has 0 bridgehead atoms. The highest BCUT2D eigenvalue weighted by Crippen LogP contribution is 2.32. The van der Waals surface area contributed by atoms with E-state index in [-0.39, 0.29) is 21.6 Å². The van der Waals surface area contributed by atoms with Gasteiger partial charge < -0.3 is 5.73 Å². The molecule has 21 heavy (non-hydrogen) atoms. The first kappa shape index (κ1) is 15.2. The summed E-state index contributed by atoms with van der Waals surface area (Å²) < 4.78 is 38.1. The van der Waals surface area contributed by atoms with Crippen LogP contribution in [0.3, 0.4) is 0 Å². The van der Waals surface area contributed by atoms with Crippen LogP contribution < -0.4 is 5.73 Å². The van der Waals surface area contributed by atoms with Crippen molar-refractivity contribution in [2.75, 3.05) is 0 Å². The Morgan fingerprint density at radius 2 is 1.95 bits per heavy atom. The van der Waals surface area contributed by atoms with E-state index in [0.717, 1.165) is 23.9 Å². The summed E-state index contributed by atoms with van der Waals surface area (Å²) in [5, 5.41) is 7.60. The highest BCUT2D eigenvalue weighted by molar-refractivity contribution is 7.99. The number of nitrogens with zero attached hydrogens (tertiary/aromatic N) is 3. The van der Waals surface area contributed by atoms with E-state index in [1.165, 1.54) is 6.20 Å². The lowest BCUT2D eigenvalue weighted by Gasteiger charge is -2.10. The number of aryl methyl sites for hydroxylation is 1. The Labute approximate surface area is 122 Å². The minimum absolute atomic E-state index is 0.0528. The maximum absolute atomic E-state index is 12.7. The lowest BCUT2D eigenvalue weighted by atomic mass is 10.2. The van der Waals surface area contributed by atoms with Gasteiger partial charge in [-0.05, 0) is 36.9 Å². The molecule has 0 radical (unpaired) electrons. The minimum atomic E-state index is -4.57. The Bertz CT molecular complexity index is 687. The zero-order valence-electron chi connectivity index (χ0n) is 10.8. The third-order valence-corrected chi connectivity index (χ3v) is 3.29. The van der Waals surface area contributed by atoms with Crippen LogP contribution >= 0.6 is 11.8 Å². The molecule has 2 rings (SSSR count). The summed E-state index contributed by atoms with van der Waals surface area (Å²) >= 11 is 0.833. The molecule has 110 valence electrons. The van der Waals surface area contributed by atoms with Crippen molar-refractivity contribution >= 4 is 17.6 Å². The van der Waals surface area contributed by atoms with E-state index < -0.39 is 11.9 Å². The Kier molecular flexibility index (Phi) is 4.12. The summed E-state index contributed by atoms with van der Waals surface area (Å²) in [6.07, 6.45) is -3.08. The molecule has 2 aromatic heterocycles. The number of rotatable bonds is 3. The van der Waals surface area contributed by atoms with Crippen molar-refractivity contribution in [2.24, 2.45) is 5.73 Å². The number of nitrogen functional groups attached to an aromatic ring is 1. The summed E-state index contributed by atoms with van der Waals surface area (Å²) in [6.45, 7) is 1.73. The molecule has 0 aromatic carbocycles. The smallest absolute Gasteiger partial charge is 0.384 e. The molecule has 0 aliphatic rings. The highest BCUT2D eigenvalue weighted by atomic mass is 32.2. The molecule has 0 spiro atoms. The highest BCUT2D eigenvalue weighted by Gasteiger charge is 2.33. The number of amidine groups is 1. The number of hydrogen-bond acceptors (Lipinski definition) is 5. The first-order chi connectivity index (χ1) is 9.77. The molecule has 0 saturated carbocycles. The van der Waals surface area contributed by atoms with Crippen molar-refractivity contribution in [3.63, 3.8) is 0 Å². The third-order valence-electron chi connectivity index (χ3n) is 2.40. The number of halogens is 3. The normalized spacial score (nSPS) is 11.4. The number of nitrogens with two attached hydrogens (primary N) is 1. The van der Waals surface area contributed by atoms with Crippen LogP contribution in [0.15, 0.2) is 34.6 Å². The van der Waals surface area contributed by atoms with Crippen LogP contribution in [0.25, 0.3) is 0 Å². The fraction of sp³-hybridized carbons (Fsp3) is 0.167. The van der Waals surface area contributed by atoms with Crippen LogP contribution in [-0.4, -0.2) is 20.8 Å². The SMILES string of the molecule is Cc1ccnc(Sc2nc(C(F)(F)F)ccc2C(=N)N)n1. The van der Waals surface area contributed by atoms with Crippen LogP contribution in [0.5, 0.6) is 0 Å². The predicted molar refractivity (Wildman–Crippen MR) is 71.1 cm³/mol. The van der Waals surface area contributed by atoms with Gasteiger partial charge in [0.15, 0.2) is 5.16 Å². The number of hydrogen-bond donors (Lipinski definition) is 2. The van der Waals surface area contributed by atoms with E-state index >= 15 is 0 Å². The summed E-state index contributed by atoms with van der Waals surface area (Å²) in [6, 6.07) is 3.57. The van der Waals surface area contributed by atoms with Gasteiger partial charge in [-0.15, -0.1) is 0 Å². The largest absolute Gasteiger partial charge is 0.433 e. The minimum Gasteiger partial charge on any atom is -0.384 e. The van der Waals surface area contributed by atoms with Gasteiger partial charge >= 0.3 is 6.18 Å². The molecule has 0 saturated heterocycles. The topological polar surface area (TPSA) is 88.5 Å². The van der Waals surface area contributed by atoms with Crippen molar-refractivity contribution < 1.29 is 13.2 Å². The number of pyridine rings is 1. The molecule has 0 fully saturated rings. The lowest BCUT2D eigenvalue weighted by molar-refractivity contribution is -0.141. The second kappa shape index (κ2) is 5.68. The molecule has 0 amide bonds. The molecule has 2 heterocycles. The average molecular weight is 313 g/mol. The van der Waals surface area contributed by atoms with Crippen molar-refractivity contribution in [3.05, 3.63) is 41.3 Å². The number of nitrogens with one attached hydrogen (secondary N) is 1. The molecule has 0 aliphatic carbocycles. The summed E-state index contributed by atoms with van der Waals surface area (Å²) in [4.78, 5) is 11.6. The molecule has 0 aliphatic heterocycles. The lowest BCUT2D eigenvalue weighted by Crippen LogP contribution is -2.16. The maximum Gasteiger partial charge on any atom is 0.433 e. The Morgan fingerprint density at radius 3 is 2.52 bits per heavy atom. The molecule has 9 heteroatoms. The van der Waals surface area contributed by atoms with E-state index in [1.807, 2.05) is 0 Å². The molecular weight excluding hydrogens is 303 g/mol. The fourth-order valence-corrected chi connectivity index (χ4v) is 2.35. The van der Waals surface area contributed by atoms with Crippen molar-refractivity contribution in [1.82, 2.24) is 15.0 Å². The molecule has 5 nitrogen and oxygen atoms in total. The van der Waals surface area contributed by atoms with Gasteiger partial charge in [0.05, 0.1) is 0 Å². The summed E-state index contributed by atoms with van der Waals surface area (Å²) in [5.41, 5.74) is 5.09. The van der Waals surface area contributed by atoms with E-state index in [9.17, 15) is 13.2 Å². The molecule has 0 atom stereocenters. The summed E-state index contributed by atoms with van der Waals surface area (Å²) in [7, 11) is 0. The van der Waals surface area contributed by atoms with Gasteiger partial charge in [0.2, 0.25) is 0 Å². The van der Waals surface area contributed by atoms with Crippen molar-refractivity contribution in [1.29, 1.82) is 5.41 Å². The van der Waals surface area contributed by atoms with Crippen LogP contribution in [0.2, 0.25) is 0 Å². The van der Waals surface area contributed by atoms with Gasteiger partial charge in [-0.25, -0.2) is 15.0 Å². The zero-order chi connectivity index (χ0) is 15.6.